The lowest BCUT2D eigenvalue weighted by Gasteiger charge is -2.15. The zero-order valence-corrected chi connectivity index (χ0v) is 11.5. The van der Waals surface area contributed by atoms with E-state index in [1.807, 2.05) is 0 Å². The van der Waals surface area contributed by atoms with E-state index >= 15 is 0 Å². The molecule has 0 saturated carbocycles. The van der Waals surface area contributed by atoms with Gasteiger partial charge in [0.2, 0.25) is 5.91 Å². The number of rotatable bonds is 2. The third kappa shape index (κ3) is 2.30. The first kappa shape index (κ1) is 13.2. The maximum absolute atomic E-state index is 11.9. The van der Waals surface area contributed by atoms with Gasteiger partial charge in [0, 0.05) is 30.3 Å². The van der Waals surface area contributed by atoms with E-state index in [1.165, 1.54) is 23.1 Å². The predicted molar refractivity (Wildman–Crippen MR) is 66.4 cm³/mol. The quantitative estimate of drug-likeness (QED) is 0.767. The highest BCUT2D eigenvalue weighted by Gasteiger charge is 2.32. The number of likely N-dealkylation sites (N-methyl/N-ethyl adjacent to an activating group) is 1. The lowest BCUT2D eigenvalue weighted by Crippen LogP contribution is -2.29. The van der Waals surface area contributed by atoms with Crippen molar-refractivity contribution in [2.75, 3.05) is 20.7 Å². The molecule has 98 valence electrons. The minimum absolute atomic E-state index is 0.0232. The molecule has 0 aliphatic carbocycles. The Morgan fingerprint density at radius 2 is 2.11 bits per heavy atom. The molecule has 0 aromatic heterocycles. The zero-order chi connectivity index (χ0) is 13.5. The summed E-state index contributed by atoms with van der Waals surface area (Å²) in [5, 5.41) is 0. The summed E-state index contributed by atoms with van der Waals surface area (Å²) < 4.78 is 27.9. The molecule has 1 amide bonds. The number of ether oxygens (including phenoxy) is 1. The van der Waals surface area contributed by atoms with E-state index in [4.69, 9.17) is 15.4 Å². The third-order valence-electron chi connectivity index (χ3n) is 2.78. The second-order valence-corrected chi connectivity index (χ2v) is 6.80. The van der Waals surface area contributed by atoms with Gasteiger partial charge in [-0.25, -0.2) is 8.42 Å². The van der Waals surface area contributed by atoms with Crippen molar-refractivity contribution in [3.63, 3.8) is 0 Å². The van der Waals surface area contributed by atoms with Gasteiger partial charge < -0.3 is 9.64 Å². The number of hydrogen-bond acceptors (Lipinski definition) is 4. The van der Waals surface area contributed by atoms with E-state index in [9.17, 15) is 13.2 Å². The fourth-order valence-electron chi connectivity index (χ4n) is 1.86. The Hall–Kier alpha value is -1.27. The Morgan fingerprint density at radius 3 is 2.67 bits per heavy atom. The number of carbonyl (C=O) groups excluding carboxylic acids is 1. The summed E-state index contributed by atoms with van der Waals surface area (Å²) in [6, 6.07) is 4.29. The lowest BCUT2D eigenvalue weighted by molar-refractivity contribution is -0.130. The standard InChI is InChI=1S/C11H12ClNO4S/c1-13(2)11(14)9-6-17-10-4-3-7(5-8(9)10)18(12,15)16/h3-5,9H,6H2,1-2H3. The first-order valence-electron chi connectivity index (χ1n) is 5.23. The maximum atomic E-state index is 11.9. The minimum Gasteiger partial charge on any atom is -0.492 e. The molecule has 0 saturated heterocycles. The van der Waals surface area contributed by atoms with Gasteiger partial charge in [-0.3, -0.25) is 4.79 Å². The summed E-state index contributed by atoms with van der Waals surface area (Å²) in [6.45, 7) is 0.220. The van der Waals surface area contributed by atoms with Crippen molar-refractivity contribution in [1.29, 1.82) is 0 Å². The number of benzene rings is 1. The molecule has 0 N–H and O–H groups in total. The summed E-state index contributed by atoms with van der Waals surface area (Å²) in [7, 11) is 4.77. The second-order valence-electron chi connectivity index (χ2n) is 4.23. The molecule has 18 heavy (non-hydrogen) atoms. The first-order chi connectivity index (χ1) is 8.30. The van der Waals surface area contributed by atoms with Crippen LogP contribution in [0.1, 0.15) is 11.5 Å². The van der Waals surface area contributed by atoms with Gasteiger partial charge in [0.15, 0.2) is 0 Å². The summed E-state index contributed by atoms with van der Waals surface area (Å²) in [4.78, 5) is 13.4. The Kier molecular flexibility index (Phi) is 3.25. The molecule has 1 atom stereocenters. The highest BCUT2D eigenvalue weighted by molar-refractivity contribution is 8.13. The molecule has 1 heterocycles. The SMILES string of the molecule is CN(C)C(=O)C1COc2ccc(S(=O)(=O)Cl)cc21. The number of fused-ring (bicyclic) bond motifs is 1. The van der Waals surface area contributed by atoms with Crippen LogP contribution in [0.15, 0.2) is 23.1 Å². The smallest absolute Gasteiger partial charge is 0.261 e. The maximum Gasteiger partial charge on any atom is 0.261 e. The molecule has 0 radical (unpaired) electrons. The van der Waals surface area contributed by atoms with Crippen molar-refractivity contribution in [3.05, 3.63) is 23.8 Å². The Labute approximate surface area is 110 Å². The fraction of sp³-hybridized carbons (Fsp3) is 0.364. The molecule has 0 fully saturated rings. The van der Waals surface area contributed by atoms with Crippen molar-refractivity contribution in [2.45, 2.75) is 10.8 Å². The summed E-state index contributed by atoms with van der Waals surface area (Å²) in [5.41, 5.74) is 0.565. The van der Waals surface area contributed by atoms with E-state index in [1.54, 1.807) is 14.1 Å². The van der Waals surface area contributed by atoms with Crippen molar-refractivity contribution in [2.24, 2.45) is 0 Å². The largest absolute Gasteiger partial charge is 0.492 e. The normalized spacial score (nSPS) is 18.1. The summed E-state index contributed by atoms with van der Waals surface area (Å²) in [5.74, 6) is -0.0782. The van der Waals surface area contributed by atoms with Gasteiger partial charge in [-0.2, -0.15) is 0 Å². The van der Waals surface area contributed by atoms with Crippen LogP contribution < -0.4 is 4.74 Å². The highest BCUT2D eigenvalue weighted by Crippen LogP contribution is 2.36. The molecular formula is C11H12ClNO4S. The van der Waals surface area contributed by atoms with Crippen LogP contribution in [0.3, 0.4) is 0 Å². The molecule has 1 unspecified atom stereocenters. The second kappa shape index (κ2) is 4.44. The predicted octanol–water partition coefficient (Wildman–Crippen LogP) is 1.18. The van der Waals surface area contributed by atoms with E-state index in [0.717, 1.165) is 0 Å². The summed E-state index contributed by atoms with van der Waals surface area (Å²) >= 11 is 0. The van der Waals surface area contributed by atoms with Crippen LogP contribution in [0, 0.1) is 0 Å². The Bertz CT molecular complexity index is 597. The molecule has 0 spiro atoms. The van der Waals surface area contributed by atoms with Crippen LogP contribution in [-0.4, -0.2) is 39.9 Å². The average molecular weight is 290 g/mol. The van der Waals surface area contributed by atoms with Gasteiger partial charge >= 0.3 is 0 Å². The van der Waals surface area contributed by atoms with Crippen LogP contribution in [0.2, 0.25) is 0 Å². The number of nitrogens with zero attached hydrogens (tertiary/aromatic N) is 1. The molecule has 5 nitrogen and oxygen atoms in total. The van der Waals surface area contributed by atoms with E-state index in [2.05, 4.69) is 0 Å². The van der Waals surface area contributed by atoms with Crippen molar-refractivity contribution in [1.82, 2.24) is 4.90 Å². The van der Waals surface area contributed by atoms with Gasteiger partial charge in [0.1, 0.15) is 18.3 Å². The minimum atomic E-state index is -3.80. The molecule has 7 heteroatoms. The molecule has 1 aromatic carbocycles. The number of hydrogen-bond donors (Lipinski definition) is 0. The molecule has 1 aliphatic heterocycles. The van der Waals surface area contributed by atoms with Crippen molar-refractivity contribution < 1.29 is 17.9 Å². The van der Waals surface area contributed by atoms with Crippen LogP contribution in [0.25, 0.3) is 0 Å². The van der Waals surface area contributed by atoms with Crippen molar-refractivity contribution >= 4 is 25.6 Å². The average Bonchev–Trinajstić information content (AvgIpc) is 2.69. The van der Waals surface area contributed by atoms with Crippen LogP contribution in [0.4, 0.5) is 0 Å². The molecule has 2 rings (SSSR count). The third-order valence-corrected chi connectivity index (χ3v) is 4.13. The van der Waals surface area contributed by atoms with Crippen LogP contribution in [0.5, 0.6) is 5.75 Å². The molecule has 0 bridgehead atoms. The number of halogens is 1. The number of carbonyl (C=O) groups is 1. The van der Waals surface area contributed by atoms with Crippen LogP contribution >= 0.6 is 10.7 Å². The Balaban J connectivity index is 2.46. The van der Waals surface area contributed by atoms with E-state index in [-0.39, 0.29) is 17.4 Å². The Morgan fingerprint density at radius 1 is 1.44 bits per heavy atom. The van der Waals surface area contributed by atoms with E-state index in [0.29, 0.717) is 11.3 Å². The summed E-state index contributed by atoms with van der Waals surface area (Å²) in [6.07, 6.45) is 0. The van der Waals surface area contributed by atoms with Gasteiger partial charge in [0.05, 0.1) is 4.90 Å². The lowest BCUT2D eigenvalue weighted by atomic mass is 10.0. The van der Waals surface area contributed by atoms with Gasteiger partial charge in [-0.05, 0) is 18.2 Å². The molecular weight excluding hydrogens is 278 g/mol. The van der Waals surface area contributed by atoms with Crippen LogP contribution in [-0.2, 0) is 13.8 Å². The fourth-order valence-corrected chi connectivity index (χ4v) is 2.65. The van der Waals surface area contributed by atoms with Gasteiger partial charge in [-0.15, -0.1) is 0 Å². The zero-order valence-electron chi connectivity index (χ0n) is 9.88. The van der Waals surface area contributed by atoms with Gasteiger partial charge in [0.25, 0.3) is 9.05 Å². The van der Waals surface area contributed by atoms with E-state index < -0.39 is 15.0 Å². The van der Waals surface area contributed by atoms with Gasteiger partial charge in [-0.1, -0.05) is 0 Å². The highest BCUT2D eigenvalue weighted by atomic mass is 35.7. The topological polar surface area (TPSA) is 63.7 Å². The van der Waals surface area contributed by atoms with Crippen molar-refractivity contribution in [3.8, 4) is 5.75 Å². The molecule has 1 aliphatic rings. The number of amides is 1. The molecule has 1 aromatic rings. The monoisotopic (exact) mass is 289 g/mol. The first-order valence-corrected chi connectivity index (χ1v) is 7.54.